The largest absolute Gasteiger partial charge is 0.454 e. The molecule has 142 valence electrons. The molecule has 0 fully saturated rings. The molecule has 0 spiro atoms. The summed E-state index contributed by atoms with van der Waals surface area (Å²) in [5, 5.41) is 0. The summed E-state index contributed by atoms with van der Waals surface area (Å²) in [7, 11) is -3.66. The molecule has 0 heterocycles. The van der Waals surface area contributed by atoms with Gasteiger partial charge in [0.2, 0.25) is 10.0 Å². The van der Waals surface area contributed by atoms with Gasteiger partial charge in [0, 0.05) is 12.1 Å². The van der Waals surface area contributed by atoms with Gasteiger partial charge in [0.25, 0.3) is 0 Å². The number of Topliss-reactive ketones (excluding diaryl/α,β-unsaturated/α-hetero) is 1. The molecule has 0 radical (unpaired) electrons. The van der Waals surface area contributed by atoms with Crippen molar-refractivity contribution in [3.8, 4) is 0 Å². The van der Waals surface area contributed by atoms with Crippen molar-refractivity contribution in [3.05, 3.63) is 77.9 Å². The molecule has 6 nitrogen and oxygen atoms in total. The van der Waals surface area contributed by atoms with Crippen LogP contribution in [0.15, 0.2) is 66.1 Å². The van der Waals surface area contributed by atoms with Crippen LogP contribution < -0.4 is 4.72 Å². The van der Waals surface area contributed by atoms with Gasteiger partial charge < -0.3 is 4.74 Å². The van der Waals surface area contributed by atoms with Crippen molar-refractivity contribution in [3.63, 3.8) is 0 Å². The van der Waals surface area contributed by atoms with E-state index >= 15 is 0 Å². The van der Waals surface area contributed by atoms with Crippen LogP contribution in [0.1, 0.15) is 33.2 Å². The number of hydrogen-bond donors (Lipinski definition) is 1. The number of aryl methyl sites for hydroxylation is 1. The molecule has 0 aliphatic carbocycles. The Labute approximate surface area is 158 Å². The SMILES string of the molecule is C=CCNS(=O)(=O)c1ccc(C(=O)OCC(=O)c2ccc(CC)cc2)cc1. The van der Waals surface area contributed by atoms with E-state index < -0.39 is 16.0 Å². The monoisotopic (exact) mass is 387 g/mol. The second-order valence-corrected chi connectivity index (χ2v) is 7.48. The Bertz CT molecular complexity index is 916. The van der Waals surface area contributed by atoms with Crippen LogP contribution >= 0.6 is 0 Å². The molecule has 0 unspecified atom stereocenters. The van der Waals surface area contributed by atoms with Crippen molar-refractivity contribution in [2.24, 2.45) is 0 Å². The predicted molar refractivity (Wildman–Crippen MR) is 102 cm³/mol. The normalized spacial score (nSPS) is 11.0. The number of carbonyl (C=O) groups is 2. The average molecular weight is 387 g/mol. The second kappa shape index (κ2) is 9.25. The number of benzene rings is 2. The minimum atomic E-state index is -3.66. The second-order valence-electron chi connectivity index (χ2n) is 5.71. The Morgan fingerprint density at radius 1 is 1.04 bits per heavy atom. The Balaban J connectivity index is 1.97. The fraction of sp³-hybridized carbons (Fsp3) is 0.200. The van der Waals surface area contributed by atoms with E-state index in [4.69, 9.17) is 4.74 Å². The van der Waals surface area contributed by atoms with Crippen LogP contribution in [0.2, 0.25) is 0 Å². The van der Waals surface area contributed by atoms with Gasteiger partial charge in [-0.1, -0.05) is 37.3 Å². The molecule has 2 aromatic carbocycles. The quantitative estimate of drug-likeness (QED) is 0.406. The summed E-state index contributed by atoms with van der Waals surface area (Å²) in [4.78, 5) is 24.2. The van der Waals surface area contributed by atoms with Gasteiger partial charge >= 0.3 is 5.97 Å². The minimum Gasteiger partial charge on any atom is -0.454 e. The first kappa shape index (κ1) is 20.5. The highest BCUT2D eigenvalue weighted by Gasteiger charge is 2.15. The van der Waals surface area contributed by atoms with Crippen LogP contribution in [0.5, 0.6) is 0 Å². The summed E-state index contributed by atoms with van der Waals surface area (Å²) in [5.41, 5.74) is 1.74. The smallest absolute Gasteiger partial charge is 0.338 e. The zero-order valence-electron chi connectivity index (χ0n) is 15.0. The van der Waals surface area contributed by atoms with Crippen molar-refractivity contribution in [1.29, 1.82) is 0 Å². The highest BCUT2D eigenvalue weighted by Crippen LogP contribution is 2.12. The number of sulfonamides is 1. The predicted octanol–water partition coefficient (Wildman–Crippen LogP) is 2.75. The van der Waals surface area contributed by atoms with Crippen LogP contribution in [0.3, 0.4) is 0 Å². The van der Waals surface area contributed by atoms with Gasteiger partial charge in [0.15, 0.2) is 12.4 Å². The van der Waals surface area contributed by atoms with Crippen molar-refractivity contribution >= 4 is 21.8 Å². The van der Waals surface area contributed by atoms with E-state index in [1.54, 1.807) is 12.1 Å². The molecule has 1 N–H and O–H groups in total. The van der Waals surface area contributed by atoms with Gasteiger partial charge in [-0.25, -0.2) is 17.9 Å². The number of rotatable bonds is 9. The minimum absolute atomic E-state index is 0.0213. The van der Waals surface area contributed by atoms with E-state index in [9.17, 15) is 18.0 Å². The maximum atomic E-state index is 12.1. The molecule has 0 aromatic heterocycles. The van der Waals surface area contributed by atoms with Crippen LogP contribution in [0.25, 0.3) is 0 Å². The topological polar surface area (TPSA) is 89.5 Å². The van der Waals surface area contributed by atoms with E-state index in [-0.39, 0.29) is 29.4 Å². The van der Waals surface area contributed by atoms with E-state index in [2.05, 4.69) is 11.3 Å². The van der Waals surface area contributed by atoms with Gasteiger partial charge in [-0.15, -0.1) is 6.58 Å². The number of esters is 1. The van der Waals surface area contributed by atoms with Gasteiger partial charge in [-0.3, -0.25) is 4.79 Å². The molecule has 0 bridgehead atoms. The highest BCUT2D eigenvalue weighted by atomic mass is 32.2. The molecule has 27 heavy (non-hydrogen) atoms. The van der Waals surface area contributed by atoms with Crippen LogP contribution in [-0.2, 0) is 21.2 Å². The summed E-state index contributed by atoms with van der Waals surface area (Å²) in [6.07, 6.45) is 2.30. The summed E-state index contributed by atoms with van der Waals surface area (Å²) in [6.45, 7) is 5.18. The third-order valence-corrected chi connectivity index (χ3v) is 5.28. The van der Waals surface area contributed by atoms with E-state index in [0.29, 0.717) is 5.56 Å². The lowest BCUT2D eigenvalue weighted by molar-refractivity contribution is 0.0474. The summed E-state index contributed by atoms with van der Waals surface area (Å²) < 4.78 is 31.3. The molecule has 7 heteroatoms. The molecule has 0 saturated heterocycles. The first-order chi connectivity index (χ1) is 12.9. The molecule has 0 aliphatic rings. The number of carbonyl (C=O) groups excluding carboxylic acids is 2. The maximum Gasteiger partial charge on any atom is 0.338 e. The number of nitrogens with one attached hydrogen (secondary N) is 1. The molecule has 0 amide bonds. The summed E-state index contributed by atoms with van der Waals surface area (Å²) >= 11 is 0. The summed E-state index contributed by atoms with van der Waals surface area (Å²) in [6, 6.07) is 12.4. The van der Waals surface area contributed by atoms with Crippen LogP contribution in [0, 0.1) is 0 Å². The first-order valence-corrected chi connectivity index (χ1v) is 9.85. The molecule has 0 saturated carbocycles. The zero-order chi connectivity index (χ0) is 19.9. The van der Waals surface area contributed by atoms with Crippen molar-refractivity contribution in [1.82, 2.24) is 4.72 Å². The van der Waals surface area contributed by atoms with E-state index in [1.165, 1.54) is 30.3 Å². The number of ketones is 1. The lowest BCUT2D eigenvalue weighted by Gasteiger charge is -2.07. The molecule has 0 atom stereocenters. The van der Waals surface area contributed by atoms with E-state index in [0.717, 1.165) is 12.0 Å². The third kappa shape index (κ3) is 5.60. The molecule has 2 rings (SSSR count). The molecule has 2 aromatic rings. The van der Waals surface area contributed by atoms with Gasteiger partial charge in [-0.05, 0) is 36.2 Å². The van der Waals surface area contributed by atoms with Crippen molar-refractivity contribution < 1.29 is 22.7 Å². The van der Waals surface area contributed by atoms with Crippen molar-refractivity contribution in [2.45, 2.75) is 18.2 Å². The fourth-order valence-electron chi connectivity index (χ4n) is 2.25. The Morgan fingerprint density at radius 2 is 1.63 bits per heavy atom. The zero-order valence-corrected chi connectivity index (χ0v) is 15.8. The standard InChI is InChI=1S/C20H21NO5S/c1-3-13-21-27(24,25)18-11-9-17(10-12-18)20(23)26-14-19(22)16-7-5-15(4-2)6-8-16/h3,5-12,21H,1,4,13-14H2,2H3. The Morgan fingerprint density at radius 3 is 2.19 bits per heavy atom. The highest BCUT2D eigenvalue weighted by molar-refractivity contribution is 7.89. The number of hydrogen-bond acceptors (Lipinski definition) is 5. The summed E-state index contributed by atoms with van der Waals surface area (Å²) in [5.74, 6) is -1.00. The fourth-order valence-corrected chi connectivity index (χ4v) is 3.24. The molecular formula is C20H21NO5S. The number of ether oxygens (including phenoxy) is 1. The van der Waals surface area contributed by atoms with Crippen LogP contribution in [-0.4, -0.2) is 33.3 Å². The van der Waals surface area contributed by atoms with E-state index in [1.807, 2.05) is 19.1 Å². The van der Waals surface area contributed by atoms with Crippen molar-refractivity contribution in [2.75, 3.05) is 13.2 Å². The van der Waals surface area contributed by atoms with Crippen LogP contribution in [0.4, 0.5) is 0 Å². The lowest BCUT2D eigenvalue weighted by atomic mass is 10.1. The van der Waals surface area contributed by atoms with Gasteiger partial charge in [-0.2, -0.15) is 0 Å². The average Bonchev–Trinajstić information content (AvgIpc) is 2.70. The molecule has 0 aliphatic heterocycles. The maximum absolute atomic E-state index is 12.1. The lowest BCUT2D eigenvalue weighted by Crippen LogP contribution is -2.23. The Hall–Kier alpha value is -2.77. The molecular weight excluding hydrogens is 366 g/mol. The third-order valence-electron chi connectivity index (χ3n) is 3.84. The van der Waals surface area contributed by atoms with Gasteiger partial charge in [0.1, 0.15) is 0 Å². The Kier molecular flexibility index (Phi) is 7.04. The van der Waals surface area contributed by atoms with Gasteiger partial charge in [0.05, 0.1) is 10.5 Å². The first-order valence-electron chi connectivity index (χ1n) is 8.37.